The lowest BCUT2D eigenvalue weighted by molar-refractivity contribution is 0.0636. The van der Waals surface area contributed by atoms with E-state index < -0.39 is 11.7 Å². The van der Waals surface area contributed by atoms with Crippen molar-refractivity contribution >= 4 is 11.8 Å². The highest BCUT2D eigenvalue weighted by molar-refractivity contribution is 5.85. The van der Waals surface area contributed by atoms with E-state index in [1.54, 1.807) is 53.0 Å². The Balaban J connectivity index is 2.93. The first kappa shape index (κ1) is 15.8. The molecule has 1 rings (SSSR count). The van der Waals surface area contributed by atoms with Gasteiger partial charge in [-0.2, -0.15) is 0 Å². The normalized spacial score (nSPS) is 12.2. The fraction of sp³-hybridized carbons (Fsp3) is 0.467. The SMILES string of the molecule is [C-]#[N+]C(C)c1cc(NC(=O)OC(C)(C)C)ccc1OC. The molecule has 1 N–H and O–H groups in total. The van der Waals surface area contributed by atoms with Gasteiger partial charge in [0.05, 0.1) is 12.7 Å². The second kappa shape index (κ2) is 6.29. The molecule has 1 aromatic carbocycles. The number of anilines is 1. The minimum absolute atomic E-state index is 0.342. The quantitative estimate of drug-likeness (QED) is 0.848. The van der Waals surface area contributed by atoms with E-state index in [1.165, 1.54) is 0 Å². The van der Waals surface area contributed by atoms with Gasteiger partial charge in [-0.05, 0) is 39.0 Å². The van der Waals surface area contributed by atoms with Crippen molar-refractivity contribution in [3.63, 3.8) is 0 Å². The second-order valence-electron chi connectivity index (χ2n) is 5.39. The summed E-state index contributed by atoms with van der Waals surface area (Å²) in [5.74, 6) is 0.628. The van der Waals surface area contributed by atoms with Crippen LogP contribution >= 0.6 is 0 Å². The Hall–Kier alpha value is -2.22. The standard InChI is InChI=1S/C15H20N2O3/c1-10(16-5)12-9-11(7-8-13(12)19-6)17-14(18)20-15(2,3)4/h7-10H,1-4,6H3,(H,17,18). The lowest BCUT2D eigenvalue weighted by Gasteiger charge is -2.20. The third-order valence-corrected chi connectivity index (χ3v) is 2.52. The van der Waals surface area contributed by atoms with Gasteiger partial charge in [0, 0.05) is 12.6 Å². The maximum Gasteiger partial charge on any atom is 0.412 e. The predicted octanol–water partition coefficient (Wildman–Crippen LogP) is 4.02. The van der Waals surface area contributed by atoms with Crippen LogP contribution in [-0.2, 0) is 4.74 Å². The lowest BCUT2D eigenvalue weighted by atomic mass is 10.1. The van der Waals surface area contributed by atoms with Crippen molar-refractivity contribution < 1.29 is 14.3 Å². The molecule has 0 saturated heterocycles. The number of methoxy groups -OCH3 is 1. The molecular formula is C15H20N2O3. The average Bonchev–Trinajstić information content (AvgIpc) is 2.35. The van der Waals surface area contributed by atoms with Gasteiger partial charge < -0.3 is 14.3 Å². The van der Waals surface area contributed by atoms with E-state index in [4.69, 9.17) is 16.0 Å². The molecule has 0 aliphatic rings. The average molecular weight is 276 g/mol. The zero-order valence-corrected chi connectivity index (χ0v) is 12.5. The molecule has 0 bridgehead atoms. The highest BCUT2D eigenvalue weighted by atomic mass is 16.6. The monoisotopic (exact) mass is 276 g/mol. The largest absolute Gasteiger partial charge is 0.496 e. The summed E-state index contributed by atoms with van der Waals surface area (Å²) in [6, 6.07) is 4.82. The number of benzene rings is 1. The molecule has 1 aromatic rings. The molecule has 0 fully saturated rings. The number of carbonyl (C=O) groups excluding carboxylic acids is 1. The minimum Gasteiger partial charge on any atom is -0.496 e. The molecule has 5 heteroatoms. The summed E-state index contributed by atoms with van der Waals surface area (Å²) < 4.78 is 10.4. The molecule has 0 saturated carbocycles. The van der Waals surface area contributed by atoms with Gasteiger partial charge in [0.25, 0.3) is 0 Å². The van der Waals surface area contributed by atoms with Gasteiger partial charge in [0.15, 0.2) is 0 Å². The van der Waals surface area contributed by atoms with E-state index in [0.29, 0.717) is 11.4 Å². The molecule has 1 unspecified atom stereocenters. The number of amides is 1. The fourth-order valence-corrected chi connectivity index (χ4v) is 1.63. The minimum atomic E-state index is -0.552. The van der Waals surface area contributed by atoms with Crippen molar-refractivity contribution in [3.8, 4) is 5.75 Å². The highest BCUT2D eigenvalue weighted by Gasteiger charge is 2.19. The van der Waals surface area contributed by atoms with E-state index >= 15 is 0 Å². The number of nitrogens with zero attached hydrogens (tertiary/aromatic N) is 1. The van der Waals surface area contributed by atoms with Gasteiger partial charge in [0.1, 0.15) is 11.4 Å². The van der Waals surface area contributed by atoms with Gasteiger partial charge in [-0.25, -0.2) is 11.4 Å². The van der Waals surface area contributed by atoms with Crippen LogP contribution in [-0.4, -0.2) is 18.8 Å². The molecule has 5 nitrogen and oxygen atoms in total. The van der Waals surface area contributed by atoms with Gasteiger partial charge in [0.2, 0.25) is 6.04 Å². The van der Waals surface area contributed by atoms with Gasteiger partial charge >= 0.3 is 6.09 Å². The van der Waals surface area contributed by atoms with E-state index in [9.17, 15) is 4.79 Å². The summed E-state index contributed by atoms with van der Waals surface area (Å²) in [6.45, 7) is 14.3. The Labute approximate surface area is 119 Å². The Kier molecular flexibility index (Phi) is 4.98. The topological polar surface area (TPSA) is 51.9 Å². The summed E-state index contributed by atoms with van der Waals surface area (Å²) >= 11 is 0. The zero-order chi connectivity index (χ0) is 15.3. The summed E-state index contributed by atoms with van der Waals surface area (Å²) in [6.07, 6.45) is -0.524. The maximum absolute atomic E-state index is 11.7. The zero-order valence-electron chi connectivity index (χ0n) is 12.5. The number of carbonyl (C=O) groups is 1. The van der Waals surface area contributed by atoms with Gasteiger partial charge in [-0.15, -0.1) is 0 Å². The van der Waals surface area contributed by atoms with Crippen LogP contribution < -0.4 is 10.1 Å². The molecule has 0 spiro atoms. The summed E-state index contributed by atoms with van der Waals surface area (Å²) in [5.41, 5.74) is 0.755. The van der Waals surface area contributed by atoms with Crippen LogP contribution in [0.4, 0.5) is 10.5 Å². The molecule has 1 amide bonds. The van der Waals surface area contributed by atoms with Crippen LogP contribution in [0.1, 0.15) is 39.3 Å². The Bertz CT molecular complexity index is 527. The Morgan fingerprint density at radius 1 is 1.40 bits per heavy atom. The van der Waals surface area contributed by atoms with Crippen LogP contribution in [0, 0.1) is 6.57 Å². The second-order valence-corrected chi connectivity index (χ2v) is 5.39. The van der Waals surface area contributed by atoms with Crippen molar-refractivity contribution in [2.45, 2.75) is 39.3 Å². The van der Waals surface area contributed by atoms with E-state index in [0.717, 1.165) is 5.56 Å². The van der Waals surface area contributed by atoms with E-state index in [-0.39, 0.29) is 6.04 Å². The van der Waals surface area contributed by atoms with Crippen molar-refractivity contribution in [2.24, 2.45) is 0 Å². The predicted molar refractivity (Wildman–Crippen MR) is 77.9 cm³/mol. The molecule has 0 radical (unpaired) electrons. The van der Waals surface area contributed by atoms with Gasteiger partial charge in [-0.3, -0.25) is 5.32 Å². The molecule has 108 valence electrons. The molecule has 20 heavy (non-hydrogen) atoms. The molecule has 0 aliphatic heterocycles. The smallest absolute Gasteiger partial charge is 0.412 e. The highest BCUT2D eigenvalue weighted by Crippen LogP contribution is 2.30. The first-order valence-corrected chi connectivity index (χ1v) is 6.31. The van der Waals surface area contributed by atoms with Crippen molar-refractivity contribution in [3.05, 3.63) is 35.2 Å². The fourth-order valence-electron chi connectivity index (χ4n) is 1.63. The number of ether oxygens (including phenoxy) is 2. The lowest BCUT2D eigenvalue weighted by Crippen LogP contribution is -2.27. The molecule has 0 aromatic heterocycles. The number of rotatable bonds is 3. The van der Waals surface area contributed by atoms with Crippen molar-refractivity contribution in [1.29, 1.82) is 0 Å². The van der Waals surface area contributed by atoms with Crippen molar-refractivity contribution in [2.75, 3.05) is 12.4 Å². The first-order chi connectivity index (χ1) is 9.26. The third-order valence-electron chi connectivity index (χ3n) is 2.52. The molecule has 0 heterocycles. The number of hydrogen-bond acceptors (Lipinski definition) is 3. The molecule has 1 atom stereocenters. The van der Waals surface area contributed by atoms with Crippen LogP contribution in [0.3, 0.4) is 0 Å². The Morgan fingerprint density at radius 3 is 2.55 bits per heavy atom. The summed E-state index contributed by atoms with van der Waals surface area (Å²) in [4.78, 5) is 15.2. The number of nitrogens with one attached hydrogen (secondary N) is 1. The summed E-state index contributed by atoms with van der Waals surface area (Å²) in [7, 11) is 1.55. The van der Waals surface area contributed by atoms with E-state index in [2.05, 4.69) is 10.2 Å². The van der Waals surface area contributed by atoms with Crippen LogP contribution in [0.2, 0.25) is 0 Å². The van der Waals surface area contributed by atoms with Crippen LogP contribution in [0.15, 0.2) is 18.2 Å². The third kappa shape index (κ3) is 4.47. The maximum atomic E-state index is 11.7. The summed E-state index contributed by atoms with van der Waals surface area (Å²) in [5, 5.41) is 2.65. The molecular weight excluding hydrogens is 256 g/mol. The Morgan fingerprint density at radius 2 is 2.05 bits per heavy atom. The van der Waals surface area contributed by atoms with E-state index in [1.807, 2.05) is 0 Å². The van der Waals surface area contributed by atoms with Gasteiger partial charge in [-0.1, -0.05) is 0 Å². The van der Waals surface area contributed by atoms with Crippen LogP contribution in [0.25, 0.3) is 4.85 Å². The number of hydrogen-bond donors (Lipinski definition) is 1. The van der Waals surface area contributed by atoms with Crippen LogP contribution in [0.5, 0.6) is 5.75 Å². The van der Waals surface area contributed by atoms with Crippen molar-refractivity contribution in [1.82, 2.24) is 0 Å². The molecule has 0 aliphatic carbocycles. The first-order valence-electron chi connectivity index (χ1n) is 6.31.